The van der Waals surface area contributed by atoms with Crippen molar-refractivity contribution < 1.29 is 4.79 Å². The fraction of sp³-hybridized carbons (Fsp3) is 0.750. The van der Waals surface area contributed by atoms with Crippen LogP contribution in [0, 0.1) is 10.8 Å². The van der Waals surface area contributed by atoms with E-state index in [2.05, 4.69) is 20.4 Å². The zero-order valence-corrected chi connectivity index (χ0v) is 8.65. The minimum atomic E-state index is -0.189. The van der Waals surface area contributed by atoms with Gasteiger partial charge in [-0.05, 0) is 38.0 Å². The van der Waals surface area contributed by atoms with Gasteiger partial charge in [-0.3, -0.25) is 4.79 Å². The topological polar surface area (TPSA) is 17.1 Å². The Morgan fingerprint density at radius 3 is 2.54 bits per heavy atom. The Morgan fingerprint density at radius 2 is 1.92 bits per heavy atom. The Balaban J connectivity index is 2.47. The predicted molar refractivity (Wildman–Crippen MR) is 53.4 cm³/mol. The minimum absolute atomic E-state index is 0.189. The standard InChI is InChI=1S/C12H18O/c1-9-5-4-7-11(2)8-6-10(13)12(9,11)3/h1,4-8H2,2-3H3/t11-,12+/m1/s1. The summed E-state index contributed by atoms with van der Waals surface area (Å²) in [6.45, 7) is 8.48. The lowest BCUT2D eigenvalue weighted by Gasteiger charge is -2.45. The summed E-state index contributed by atoms with van der Waals surface area (Å²) in [6.07, 6.45) is 5.32. The molecule has 0 spiro atoms. The average molecular weight is 178 g/mol. The number of allylic oxidation sites excluding steroid dienone is 1. The quantitative estimate of drug-likeness (QED) is 0.521. The number of hydrogen-bond acceptors (Lipinski definition) is 1. The highest BCUT2D eigenvalue weighted by atomic mass is 16.1. The van der Waals surface area contributed by atoms with Crippen LogP contribution in [-0.2, 0) is 4.79 Å². The third kappa shape index (κ3) is 0.905. The van der Waals surface area contributed by atoms with Gasteiger partial charge in [0.25, 0.3) is 0 Å². The SMILES string of the molecule is C=C1CCC[C@]2(C)CCC(=O)[C@]12C. The molecule has 2 saturated carbocycles. The summed E-state index contributed by atoms with van der Waals surface area (Å²) in [5, 5.41) is 0. The molecule has 0 bridgehead atoms. The van der Waals surface area contributed by atoms with Crippen molar-refractivity contribution in [2.24, 2.45) is 10.8 Å². The van der Waals surface area contributed by atoms with E-state index in [-0.39, 0.29) is 10.8 Å². The maximum atomic E-state index is 11.9. The molecule has 0 amide bonds. The van der Waals surface area contributed by atoms with Gasteiger partial charge in [-0.15, -0.1) is 0 Å². The van der Waals surface area contributed by atoms with E-state index in [1.807, 2.05) is 0 Å². The third-order valence-electron chi connectivity index (χ3n) is 4.58. The largest absolute Gasteiger partial charge is 0.299 e. The highest BCUT2D eigenvalue weighted by Crippen LogP contribution is 2.60. The van der Waals surface area contributed by atoms with Crippen molar-refractivity contribution in [1.82, 2.24) is 0 Å². The minimum Gasteiger partial charge on any atom is -0.299 e. The lowest BCUT2D eigenvalue weighted by atomic mass is 9.57. The molecule has 0 radical (unpaired) electrons. The summed E-state index contributed by atoms with van der Waals surface area (Å²) < 4.78 is 0. The molecule has 0 heterocycles. The predicted octanol–water partition coefficient (Wildman–Crippen LogP) is 3.10. The first-order chi connectivity index (χ1) is 6.01. The number of Topliss-reactive ketones (excluding diaryl/α,β-unsaturated/α-hetero) is 1. The number of hydrogen-bond donors (Lipinski definition) is 0. The normalized spacial score (nSPS) is 45.1. The molecular formula is C12H18O. The maximum Gasteiger partial charge on any atom is 0.143 e. The maximum absolute atomic E-state index is 11.9. The molecule has 2 fully saturated rings. The molecule has 0 aliphatic heterocycles. The highest BCUT2D eigenvalue weighted by molar-refractivity contribution is 5.90. The molecule has 1 nitrogen and oxygen atoms in total. The number of rotatable bonds is 0. The van der Waals surface area contributed by atoms with E-state index in [0.29, 0.717) is 5.78 Å². The van der Waals surface area contributed by atoms with Crippen LogP contribution in [0.2, 0.25) is 0 Å². The molecule has 1 heteroatoms. The van der Waals surface area contributed by atoms with Crippen LogP contribution in [0.4, 0.5) is 0 Å². The average Bonchev–Trinajstić information content (AvgIpc) is 2.31. The van der Waals surface area contributed by atoms with Gasteiger partial charge in [-0.1, -0.05) is 19.1 Å². The summed E-state index contributed by atoms with van der Waals surface area (Å²) in [7, 11) is 0. The van der Waals surface area contributed by atoms with Crippen molar-refractivity contribution >= 4 is 5.78 Å². The second-order valence-corrected chi connectivity index (χ2v) is 5.07. The smallest absolute Gasteiger partial charge is 0.143 e. The number of fused-ring (bicyclic) bond motifs is 1. The van der Waals surface area contributed by atoms with E-state index >= 15 is 0 Å². The van der Waals surface area contributed by atoms with Gasteiger partial charge in [0.15, 0.2) is 0 Å². The first kappa shape index (κ1) is 8.98. The van der Waals surface area contributed by atoms with E-state index < -0.39 is 0 Å². The molecule has 2 aliphatic carbocycles. The van der Waals surface area contributed by atoms with E-state index in [0.717, 1.165) is 19.3 Å². The molecule has 0 aromatic heterocycles. The van der Waals surface area contributed by atoms with Gasteiger partial charge in [0, 0.05) is 6.42 Å². The van der Waals surface area contributed by atoms with Gasteiger partial charge in [0.1, 0.15) is 5.78 Å². The van der Waals surface area contributed by atoms with Crippen LogP contribution in [0.3, 0.4) is 0 Å². The summed E-state index contributed by atoms with van der Waals surface area (Å²) in [5.41, 5.74) is 1.22. The van der Waals surface area contributed by atoms with Crippen LogP contribution in [0.1, 0.15) is 46.0 Å². The summed E-state index contributed by atoms with van der Waals surface area (Å²) in [5.74, 6) is 0.430. The molecule has 0 N–H and O–H groups in total. The number of carbonyl (C=O) groups is 1. The fourth-order valence-corrected chi connectivity index (χ4v) is 3.17. The van der Waals surface area contributed by atoms with Gasteiger partial charge >= 0.3 is 0 Å². The Kier molecular flexibility index (Phi) is 1.70. The first-order valence-electron chi connectivity index (χ1n) is 5.22. The molecule has 2 atom stereocenters. The van der Waals surface area contributed by atoms with Gasteiger partial charge in [0.2, 0.25) is 0 Å². The van der Waals surface area contributed by atoms with Crippen molar-refractivity contribution in [3.05, 3.63) is 12.2 Å². The van der Waals surface area contributed by atoms with Gasteiger partial charge in [0.05, 0.1) is 5.41 Å². The van der Waals surface area contributed by atoms with Gasteiger partial charge < -0.3 is 0 Å². The van der Waals surface area contributed by atoms with Crippen LogP contribution < -0.4 is 0 Å². The Hall–Kier alpha value is -0.590. The molecule has 0 aromatic carbocycles. The lowest BCUT2D eigenvalue weighted by molar-refractivity contribution is -0.127. The van der Waals surface area contributed by atoms with E-state index in [1.165, 1.54) is 18.4 Å². The number of ketones is 1. The molecule has 0 unspecified atom stereocenters. The monoisotopic (exact) mass is 178 g/mol. The fourth-order valence-electron chi connectivity index (χ4n) is 3.17. The highest BCUT2D eigenvalue weighted by Gasteiger charge is 2.56. The van der Waals surface area contributed by atoms with Crippen LogP contribution in [-0.4, -0.2) is 5.78 Å². The molecule has 0 aromatic rings. The molecule has 72 valence electrons. The van der Waals surface area contributed by atoms with Crippen molar-refractivity contribution in [3.63, 3.8) is 0 Å². The van der Waals surface area contributed by atoms with Crippen molar-refractivity contribution in [1.29, 1.82) is 0 Å². The van der Waals surface area contributed by atoms with Crippen molar-refractivity contribution in [2.45, 2.75) is 46.0 Å². The third-order valence-corrected chi connectivity index (χ3v) is 4.58. The van der Waals surface area contributed by atoms with Crippen molar-refractivity contribution in [3.8, 4) is 0 Å². The van der Waals surface area contributed by atoms with E-state index in [9.17, 15) is 4.79 Å². The Labute approximate surface area is 80.2 Å². The van der Waals surface area contributed by atoms with Crippen LogP contribution >= 0.6 is 0 Å². The molecular weight excluding hydrogens is 160 g/mol. The zero-order chi connectivity index (χ0) is 9.69. The van der Waals surface area contributed by atoms with E-state index in [4.69, 9.17) is 0 Å². The van der Waals surface area contributed by atoms with Gasteiger partial charge in [-0.2, -0.15) is 0 Å². The van der Waals surface area contributed by atoms with Gasteiger partial charge in [-0.25, -0.2) is 0 Å². The second kappa shape index (κ2) is 2.46. The second-order valence-electron chi connectivity index (χ2n) is 5.07. The first-order valence-corrected chi connectivity index (χ1v) is 5.22. The van der Waals surface area contributed by atoms with Crippen LogP contribution in [0.5, 0.6) is 0 Å². The Morgan fingerprint density at radius 1 is 1.23 bits per heavy atom. The molecule has 13 heavy (non-hydrogen) atoms. The molecule has 2 aliphatic rings. The summed E-state index contributed by atoms with van der Waals surface area (Å²) >= 11 is 0. The zero-order valence-electron chi connectivity index (χ0n) is 8.65. The van der Waals surface area contributed by atoms with Crippen molar-refractivity contribution in [2.75, 3.05) is 0 Å². The summed E-state index contributed by atoms with van der Waals surface area (Å²) in [4.78, 5) is 11.9. The number of carbonyl (C=O) groups excluding carboxylic acids is 1. The molecule has 2 rings (SSSR count). The summed E-state index contributed by atoms with van der Waals surface area (Å²) in [6, 6.07) is 0. The lowest BCUT2D eigenvalue weighted by Crippen LogP contribution is -2.41. The Bertz CT molecular complexity index is 279. The molecule has 0 saturated heterocycles. The van der Waals surface area contributed by atoms with E-state index in [1.54, 1.807) is 0 Å². The van der Waals surface area contributed by atoms with Crippen LogP contribution in [0.25, 0.3) is 0 Å². The van der Waals surface area contributed by atoms with Crippen LogP contribution in [0.15, 0.2) is 12.2 Å².